The fourth-order valence-corrected chi connectivity index (χ4v) is 1.18. The van der Waals surface area contributed by atoms with Gasteiger partial charge in [-0.05, 0) is 6.54 Å². The molecule has 1 heterocycles. The van der Waals surface area contributed by atoms with Crippen LogP contribution in [0.1, 0.15) is 6.92 Å². The van der Waals surface area contributed by atoms with Gasteiger partial charge in [-0.1, -0.05) is 6.92 Å². The zero-order chi connectivity index (χ0) is 11.3. The molecule has 0 aliphatic carbocycles. The van der Waals surface area contributed by atoms with E-state index in [4.69, 9.17) is 0 Å². The molecule has 1 N–H and O–H groups in total. The number of nitro groups is 1. The lowest BCUT2D eigenvalue weighted by molar-refractivity contribution is -0.385. The quantitative estimate of drug-likeness (QED) is 0.433. The Kier molecular flexibility index (Phi) is 3.99. The Morgan fingerprint density at radius 1 is 1.53 bits per heavy atom. The third-order valence-corrected chi connectivity index (χ3v) is 1.96. The number of likely N-dealkylation sites (N-methyl/N-ethyl adjacent to an activating group) is 1. The molecule has 82 valence electrons. The van der Waals surface area contributed by atoms with Crippen LogP contribution >= 0.6 is 0 Å². The van der Waals surface area contributed by atoms with Crippen LogP contribution in [0.15, 0.2) is 23.1 Å². The van der Waals surface area contributed by atoms with Gasteiger partial charge in [0.05, 0.1) is 11.1 Å². The fraction of sp³-hybridized carbons (Fsp3) is 0.444. The predicted octanol–water partition coefficient (Wildman–Crippen LogP) is 0.366. The Morgan fingerprint density at radius 2 is 2.27 bits per heavy atom. The first kappa shape index (κ1) is 11.4. The monoisotopic (exact) mass is 211 g/mol. The van der Waals surface area contributed by atoms with Crippen molar-refractivity contribution >= 4 is 5.69 Å². The standard InChI is InChI=1S/C9H13N3O3/c1-2-10-5-6-11-7-8(12(14)15)3-4-9(11)13/h3-4,7,10H,2,5-6H2,1H3. The van der Waals surface area contributed by atoms with Gasteiger partial charge in [0.25, 0.3) is 11.2 Å². The molecule has 1 aromatic rings. The van der Waals surface area contributed by atoms with E-state index in [2.05, 4.69) is 5.32 Å². The van der Waals surface area contributed by atoms with Gasteiger partial charge in [-0.3, -0.25) is 14.9 Å². The van der Waals surface area contributed by atoms with Crippen molar-refractivity contribution in [3.63, 3.8) is 0 Å². The van der Waals surface area contributed by atoms with Crippen LogP contribution in [-0.4, -0.2) is 22.6 Å². The highest BCUT2D eigenvalue weighted by molar-refractivity contribution is 5.24. The summed E-state index contributed by atoms with van der Waals surface area (Å²) in [6.45, 7) is 3.83. The summed E-state index contributed by atoms with van der Waals surface area (Å²) in [5.74, 6) is 0. The number of nitrogens with zero attached hydrogens (tertiary/aromatic N) is 2. The van der Waals surface area contributed by atoms with Crippen molar-refractivity contribution in [3.05, 3.63) is 38.8 Å². The minimum Gasteiger partial charge on any atom is -0.315 e. The Hall–Kier alpha value is -1.69. The molecule has 1 rings (SSSR count). The Morgan fingerprint density at radius 3 is 2.87 bits per heavy atom. The molecule has 0 unspecified atom stereocenters. The van der Waals surface area contributed by atoms with Gasteiger partial charge in [0, 0.05) is 25.2 Å². The lowest BCUT2D eigenvalue weighted by atomic mass is 10.4. The Balaban J connectivity index is 2.81. The Bertz CT molecular complexity index is 400. The fourth-order valence-electron chi connectivity index (χ4n) is 1.18. The molecule has 0 aromatic carbocycles. The van der Waals surface area contributed by atoms with Gasteiger partial charge in [0.2, 0.25) is 0 Å². The summed E-state index contributed by atoms with van der Waals surface area (Å²) in [5, 5.41) is 13.5. The van der Waals surface area contributed by atoms with E-state index in [1.54, 1.807) is 0 Å². The first-order valence-electron chi connectivity index (χ1n) is 4.70. The lowest BCUT2D eigenvalue weighted by Gasteiger charge is -2.04. The molecule has 0 atom stereocenters. The van der Waals surface area contributed by atoms with Crippen LogP contribution in [0.5, 0.6) is 0 Å². The molecule has 0 aliphatic rings. The average molecular weight is 211 g/mol. The van der Waals surface area contributed by atoms with E-state index in [1.807, 2.05) is 6.92 Å². The van der Waals surface area contributed by atoms with Crippen molar-refractivity contribution in [1.29, 1.82) is 0 Å². The highest BCUT2D eigenvalue weighted by atomic mass is 16.6. The summed E-state index contributed by atoms with van der Waals surface area (Å²) in [7, 11) is 0. The average Bonchev–Trinajstić information content (AvgIpc) is 2.20. The van der Waals surface area contributed by atoms with Crippen LogP contribution in [0, 0.1) is 10.1 Å². The van der Waals surface area contributed by atoms with Crippen LogP contribution in [0.4, 0.5) is 5.69 Å². The zero-order valence-corrected chi connectivity index (χ0v) is 8.47. The van der Waals surface area contributed by atoms with Gasteiger partial charge in [-0.2, -0.15) is 0 Å². The summed E-state index contributed by atoms with van der Waals surface area (Å²) in [5.41, 5.74) is -0.287. The SMILES string of the molecule is CCNCCn1cc([N+](=O)[O-])ccc1=O. The Labute approximate surface area is 86.7 Å². The molecule has 0 radical (unpaired) electrons. The summed E-state index contributed by atoms with van der Waals surface area (Å²) < 4.78 is 1.33. The second kappa shape index (κ2) is 5.26. The van der Waals surface area contributed by atoms with Crippen LogP contribution in [0.2, 0.25) is 0 Å². The highest BCUT2D eigenvalue weighted by Gasteiger charge is 2.06. The van der Waals surface area contributed by atoms with E-state index in [0.717, 1.165) is 6.54 Å². The number of hydrogen-bond donors (Lipinski definition) is 1. The normalized spacial score (nSPS) is 10.2. The smallest absolute Gasteiger partial charge is 0.285 e. The number of hydrogen-bond acceptors (Lipinski definition) is 4. The van der Waals surface area contributed by atoms with Gasteiger partial charge >= 0.3 is 0 Å². The van der Waals surface area contributed by atoms with Crippen molar-refractivity contribution in [2.75, 3.05) is 13.1 Å². The van der Waals surface area contributed by atoms with Crippen LogP contribution in [-0.2, 0) is 6.54 Å². The summed E-state index contributed by atoms with van der Waals surface area (Å²) in [6, 6.07) is 2.43. The van der Waals surface area contributed by atoms with E-state index >= 15 is 0 Å². The molecule has 0 aliphatic heterocycles. The molecule has 1 aromatic heterocycles. The summed E-state index contributed by atoms with van der Waals surface area (Å²) >= 11 is 0. The lowest BCUT2D eigenvalue weighted by Crippen LogP contribution is -2.26. The van der Waals surface area contributed by atoms with E-state index in [0.29, 0.717) is 13.1 Å². The van der Waals surface area contributed by atoms with Gasteiger partial charge in [0.1, 0.15) is 0 Å². The van der Waals surface area contributed by atoms with Gasteiger partial charge in [0.15, 0.2) is 0 Å². The van der Waals surface area contributed by atoms with Crippen molar-refractivity contribution in [3.8, 4) is 0 Å². The largest absolute Gasteiger partial charge is 0.315 e. The van der Waals surface area contributed by atoms with Crippen molar-refractivity contribution in [2.24, 2.45) is 0 Å². The molecule has 15 heavy (non-hydrogen) atoms. The molecule has 0 bridgehead atoms. The van der Waals surface area contributed by atoms with Gasteiger partial charge in [-0.25, -0.2) is 0 Å². The summed E-state index contributed by atoms with van der Waals surface area (Å²) in [6.07, 6.45) is 1.26. The van der Waals surface area contributed by atoms with Crippen LogP contribution in [0.25, 0.3) is 0 Å². The number of nitrogens with one attached hydrogen (secondary N) is 1. The molecule has 6 heteroatoms. The van der Waals surface area contributed by atoms with E-state index in [-0.39, 0.29) is 11.2 Å². The van der Waals surface area contributed by atoms with Crippen LogP contribution < -0.4 is 10.9 Å². The molecule has 0 spiro atoms. The van der Waals surface area contributed by atoms with Gasteiger partial charge < -0.3 is 9.88 Å². The highest BCUT2D eigenvalue weighted by Crippen LogP contribution is 2.05. The third kappa shape index (κ3) is 3.17. The van der Waals surface area contributed by atoms with Crippen LogP contribution in [0.3, 0.4) is 0 Å². The first-order valence-corrected chi connectivity index (χ1v) is 4.70. The van der Waals surface area contributed by atoms with Crippen molar-refractivity contribution < 1.29 is 4.92 Å². The maximum atomic E-state index is 11.3. The van der Waals surface area contributed by atoms with Gasteiger partial charge in [-0.15, -0.1) is 0 Å². The maximum absolute atomic E-state index is 11.3. The molecular formula is C9H13N3O3. The van der Waals surface area contributed by atoms with E-state index < -0.39 is 4.92 Å². The second-order valence-corrected chi connectivity index (χ2v) is 3.03. The molecular weight excluding hydrogens is 198 g/mol. The molecule has 0 fully saturated rings. The number of rotatable bonds is 5. The first-order chi connectivity index (χ1) is 7.15. The molecule has 0 saturated carbocycles. The minimum absolute atomic E-state index is 0.0638. The van der Waals surface area contributed by atoms with Crippen molar-refractivity contribution in [2.45, 2.75) is 13.5 Å². The maximum Gasteiger partial charge on any atom is 0.285 e. The summed E-state index contributed by atoms with van der Waals surface area (Å²) in [4.78, 5) is 21.3. The molecule has 0 saturated heterocycles. The van der Waals surface area contributed by atoms with E-state index in [1.165, 1.54) is 22.9 Å². The minimum atomic E-state index is -0.511. The topological polar surface area (TPSA) is 77.2 Å². The van der Waals surface area contributed by atoms with E-state index in [9.17, 15) is 14.9 Å². The molecule has 6 nitrogen and oxygen atoms in total. The molecule has 0 amide bonds. The second-order valence-electron chi connectivity index (χ2n) is 3.03. The zero-order valence-electron chi connectivity index (χ0n) is 8.47. The number of pyridine rings is 1. The van der Waals surface area contributed by atoms with Crippen molar-refractivity contribution in [1.82, 2.24) is 9.88 Å². The third-order valence-electron chi connectivity index (χ3n) is 1.96. The predicted molar refractivity (Wildman–Crippen MR) is 55.9 cm³/mol. The number of aromatic nitrogens is 1.